The maximum absolute atomic E-state index is 10.8. The average molecular weight is 298 g/mol. The van der Waals surface area contributed by atoms with E-state index in [0.717, 1.165) is 0 Å². The van der Waals surface area contributed by atoms with E-state index in [4.69, 9.17) is 0 Å². The van der Waals surface area contributed by atoms with Crippen LogP contribution in [0.25, 0.3) is 0 Å². The molecular weight excluding hydrogens is 294 g/mol. The number of rotatable bonds is 0. The van der Waals surface area contributed by atoms with Crippen molar-refractivity contribution < 1.29 is 4.70 Å². The van der Waals surface area contributed by atoms with Gasteiger partial charge < -0.3 is 0 Å². The van der Waals surface area contributed by atoms with Crippen LogP contribution in [0.5, 0.6) is 0 Å². The van der Waals surface area contributed by atoms with Gasteiger partial charge in [-0.05, 0) is 0 Å². The Morgan fingerprint density at radius 3 is 2.25 bits per heavy atom. The van der Waals surface area contributed by atoms with Crippen LogP contribution in [0.3, 0.4) is 0 Å². The van der Waals surface area contributed by atoms with E-state index < -0.39 is 0 Å². The summed E-state index contributed by atoms with van der Waals surface area (Å²) in [5.74, 6) is 0. The molecule has 0 aromatic rings. The summed E-state index contributed by atoms with van der Waals surface area (Å²) < 4.78 is 9.56. The van der Waals surface area contributed by atoms with Gasteiger partial charge in [-0.1, -0.05) is 0 Å². The topological polar surface area (TPSA) is 0 Å². The second-order valence-corrected chi connectivity index (χ2v) is 2.35. The molecule has 29 valence electrons. The van der Waals surface area contributed by atoms with Gasteiger partial charge in [0.25, 0.3) is 0 Å². The molecule has 0 aliphatic carbocycles. The van der Waals surface area contributed by atoms with E-state index in [9.17, 15) is 4.70 Å². The molecule has 0 fully saturated rings. The van der Waals surface area contributed by atoms with Crippen LogP contribution < -0.4 is 0 Å². The van der Waals surface area contributed by atoms with Crippen LogP contribution in [-0.2, 0) is 0 Å². The van der Waals surface area contributed by atoms with Gasteiger partial charge in [-0.15, -0.1) is 0 Å². The Hall–Kier alpha value is -1.20. The fraction of sp³-hybridized carbons (Fsp3) is 0.500. The zero-order valence-electron chi connectivity index (χ0n) is 2.27. The van der Waals surface area contributed by atoms with Gasteiger partial charge in [-0.25, -0.2) is 0 Å². The molecule has 4 heavy (non-hydrogen) atoms. The van der Waals surface area contributed by atoms with Crippen molar-refractivity contribution in [3.05, 3.63) is 0 Å². The molecule has 2 heteroatoms. The van der Waals surface area contributed by atoms with Crippen LogP contribution >= 0.6 is 0 Å². The Morgan fingerprint density at radius 1 is 2.00 bits per heavy atom. The molecule has 0 N–H and O–H groups in total. The predicted octanol–water partition coefficient (Wildman–Crippen LogP) is 0.778. The molecule has 0 saturated carbocycles. The Balaban J connectivity index is 2.55. The molecule has 0 aromatic carbocycles. The van der Waals surface area contributed by atoms with Crippen molar-refractivity contribution in [1.29, 1.82) is 0 Å². The van der Waals surface area contributed by atoms with Crippen LogP contribution in [0.15, 0.2) is 0 Å². The summed E-state index contributed by atoms with van der Waals surface area (Å²) in [6.45, 7) is 3.35. The number of hydrogen-bond acceptors (Lipinski definition) is 0. The molecule has 0 radical (unpaired) electrons. The quantitative estimate of drug-likeness (QED) is 0.620. The van der Waals surface area contributed by atoms with E-state index in [1.54, 1.807) is 13.8 Å². The predicted molar refractivity (Wildman–Crippen MR) is 12.8 cm³/mol. The third kappa shape index (κ3) is 0.800. The maximum atomic E-state index is 10.8. The Labute approximate surface area is 19.8 Å². The molecule has 0 amide bonds. The van der Waals surface area contributed by atoms with Crippen LogP contribution in [0.1, 0.15) is 6.92 Å². The second kappa shape index (κ2) is 1.80. The first-order chi connectivity index (χ1) is 1.91. The van der Waals surface area contributed by atoms with Gasteiger partial charge in [0.1, 0.15) is 0 Å². The van der Waals surface area contributed by atoms with E-state index in [2.05, 4.69) is 0 Å². The van der Waals surface area contributed by atoms with E-state index in [1.165, 1.54) is 0 Å². The summed E-state index contributed by atoms with van der Waals surface area (Å²) in [5, 5.41) is 0. The third-order valence-corrected chi connectivity index (χ3v) is 0.644. The average Bonchev–Trinajstić information content (AvgIpc) is 1.37. The summed E-state index contributed by atoms with van der Waals surface area (Å²) in [6, 6.07) is 0. The molecule has 0 heterocycles. The minimum atomic E-state index is -1.26. The number of halogens is 1. The van der Waals surface area contributed by atoms with Crippen LogP contribution in [0, 0.1) is 0 Å². The van der Waals surface area contributed by atoms with Gasteiger partial charge in [0, 0.05) is 0 Å². The summed E-state index contributed by atoms with van der Waals surface area (Å²) >= 11 is 0. The number of hydrogen-bond donors (Lipinski definition) is 0. The minimum absolute atomic E-state index is 1.26. The van der Waals surface area contributed by atoms with Crippen molar-refractivity contribution in [3.8, 4) is 0 Å². The molecule has 0 rings (SSSR count). The summed E-state index contributed by atoms with van der Waals surface area (Å²) in [6.07, 6.45) is 0. The van der Waals surface area contributed by atoms with Crippen molar-refractivity contribution in [3.63, 3.8) is 0 Å². The first-order valence-electron chi connectivity index (χ1n) is 0.879. The Kier molecular flexibility index (Phi) is 1.26. The molecule has 0 atom stereocenters. The molecule has 0 unspecified atom stereocenters. The van der Waals surface area contributed by atoms with E-state index in [-0.39, 0.29) is 0 Å². The SMILES string of the molecule is C[CH]=[Cf][F]. The second-order valence-electron chi connectivity index (χ2n) is 0.252. The molecule has 0 saturated heterocycles. The van der Waals surface area contributed by atoms with Gasteiger partial charge >= 0.3 is 18.6 Å². The first kappa shape index (κ1) is 2.80. The monoisotopic (exact) mass is 296 g/mol. The zero-order valence-corrected chi connectivity index (χ0v) is 4.90. The van der Waals surface area contributed by atoms with E-state index in [1.807, 2.05) is 0 Å². The van der Waals surface area contributed by atoms with Crippen molar-refractivity contribution in [1.82, 2.24) is 0 Å². The van der Waals surface area contributed by atoms with Gasteiger partial charge in [-0.3, -0.25) is 0 Å². The standard InChI is InChI=1S/C2H4.Cf.FH/c1-2;;/h1H,2H3;;1H/q;+1;/p-1. The van der Waals surface area contributed by atoms with E-state index in [0.29, 0.717) is 0 Å². The fourth-order valence-electron chi connectivity index (χ4n) is 0. The summed E-state index contributed by atoms with van der Waals surface area (Å²) in [4.78, 5) is 0. The van der Waals surface area contributed by atoms with Crippen molar-refractivity contribution in [2.45, 2.75) is 6.92 Å². The van der Waals surface area contributed by atoms with Crippen LogP contribution in [0.2, 0.25) is 0 Å². The molecule has 0 nitrogen and oxygen atoms in total. The van der Waals surface area contributed by atoms with Crippen molar-refractivity contribution >= 4 is 6.92 Å². The molecule has 0 aliphatic rings. The molecule has 0 aliphatic heterocycles. The molecule has 0 aromatic heterocycles. The van der Waals surface area contributed by atoms with Crippen LogP contribution in [-0.4, -0.2) is 6.92 Å². The van der Waals surface area contributed by atoms with Gasteiger partial charge in [-0.2, -0.15) is 0 Å². The fourth-order valence-corrected chi connectivity index (χ4v) is 0. The Bertz CT molecular complexity index is 21.2. The normalized spacial score (nSPS) is 7.50. The van der Waals surface area contributed by atoms with Gasteiger partial charge in [0.2, 0.25) is 0 Å². The van der Waals surface area contributed by atoms with Crippen LogP contribution in [0.4, 0.5) is 4.70 Å². The summed E-state index contributed by atoms with van der Waals surface area (Å²) in [7, 11) is 0. The zero-order chi connectivity index (χ0) is 3.41. The summed E-state index contributed by atoms with van der Waals surface area (Å²) in [5.41, 5.74) is 0. The molecule has 0 spiro atoms. The molecule has 0 bridgehead atoms. The van der Waals surface area contributed by atoms with Crippen molar-refractivity contribution in [2.75, 3.05) is 0 Å². The van der Waals surface area contributed by atoms with Gasteiger partial charge in [0.15, 0.2) is 0 Å². The van der Waals surface area contributed by atoms with E-state index >= 15 is 0 Å². The van der Waals surface area contributed by atoms with Crippen molar-refractivity contribution in [2.24, 2.45) is 0 Å². The molecular formula is C2H4CfF. The first-order valence-corrected chi connectivity index (χ1v) is 3.40. The third-order valence-electron chi connectivity index (χ3n) is 0.0690. The van der Waals surface area contributed by atoms with Gasteiger partial charge in [0.05, 0.1) is 0 Å². The Morgan fingerprint density at radius 2 is 2.25 bits per heavy atom.